The maximum absolute atomic E-state index is 12.1. The number of carbonyl (C=O) groups is 2. The van der Waals surface area contributed by atoms with Gasteiger partial charge >= 0.3 is 5.97 Å². The first kappa shape index (κ1) is 15.3. The van der Waals surface area contributed by atoms with Crippen molar-refractivity contribution in [1.82, 2.24) is 4.90 Å². The Morgan fingerprint density at radius 2 is 2.10 bits per heavy atom. The van der Waals surface area contributed by atoms with E-state index >= 15 is 0 Å². The molecular weight excluding hydrogens is 262 g/mol. The van der Waals surface area contributed by atoms with Gasteiger partial charge in [0.05, 0.1) is 31.3 Å². The molecule has 2 rings (SSSR count). The molecule has 0 saturated carbocycles. The van der Waals surface area contributed by atoms with Gasteiger partial charge < -0.3 is 19.5 Å². The van der Waals surface area contributed by atoms with E-state index in [4.69, 9.17) is 14.6 Å². The average Bonchev–Trinajstić information content (AvgIpc) is 2.81. The Morgan fingerprint density at radius 3 is 2.75 bits per heavy atom. The van der Waals surface area contributed by atoms with Gasteiger partial charge in [0.2, 0.25) is 5.91 Å². The third kappa shape index (κ3) is 4.45. The Kier molecular flexibility index (Phi) is 5.37. The average molecular weight is 285 g/mol. The van der Waals surface area contributed by atoms with Gasteiger partial charge in [0.1, 0.15) is 0 Å². The Labute approximate surface area is 119 Å². The molecule has 0 aromatic heterocycles. The predicted octanol–water partition coefficient (Wildman–Crippen LogP) is 1.04. The number of carboxylic acids is 1. The highest BCUT2D eigenvalue weighted by molar-refractivity contribution is 5.76. The number of rotatable bonds is 5. The van der Waals surface area contributed by atoms with Crippen LogP contribution in [0, 0.1) is 0 Å². The topological polar surface area (TPSA) is 76.1 Å². The first-order valence-electron chi connectivity index (χ1n) is 7.31. The van der Waals surface area contributed by atoms with Crippen LogP contribution in [0.25, 0.3) is 0 Å². The second-order valence-corrected chi connectivity index (χ2v) is 5.62. The molecule has 2 saturated heterocycles. The third-order valence-electron chi connectivity index (χ3n) is 3.89. The van der Waals surface area contributed by atoms with Crippen LogP contribution >= 0.6 is 0 Å². The molecule has 2 heterocycles. The van der Waals surface area contributed by atoms with Crippen LogP contribution in [0.3, 0.4) is 0 Å². The summed E-state index contributed by atoms with van der Waals surface area (Å²) >= 11 is 0. The maximum Gasteiger partial charge on any atom is 0.306 e. The Bertz CT molecular complexity index is 359. The lowest BCUT2D eigenvalue weighted by atomic mass is 10.1. The van der Waals surface area contributed by atoms with Crippen molar-refractivity contribution in [2.75, 3.05) is 19.7 Å². The van der Waals surface area contributed by atoms with Crippen LogP contribution in [-0.2, 0) is 19.1 Å². The van der Waals surface area contributed by atoms with E-state index in [0.717, 1.165) is 19.3 Å². The van der Waals surface area contributed by atoms with Gasteiger partial charge in [-0.15, -0.1) is 0 Å². The van der Waals surface area contributed by atoms with Crippen LogP contribution in [0.2, 0.25) is 0 Å². The number of amides is 1. The zero-order valence-electron chi connectivity index (χ0n) is 11.9. The fourth-order valence-electron chi connectivity index (χ4n) is 2.80. The predicted molar refractivity (Wildman–Crippen MR) is 71.4 cm³/mol. The molecule has 1 amide bonds. The summed E-state index contributed by atoms with van der Waals surface area (Å²) in [6.45, 7) is 3.41. The van der Waals surface area contributed by atoms with Crippen molar-refractivity contribution < 1.29 is 24.2 Å². The molecule has 0 radical (unpaired) electrons. The lowest BCUT2D eigenvalue weighted by Crippen LogP contribution is -2.46. The van der Waals surface area contributed by atoms with Gasteiger partial charge in [-0.1, -0.05) is 0 Å². The number of ether oxygens (including phenoxy) is 2. The smallest absolute Gasteiger partial charge is 0.306 e. The van der Waals surface area contributed by atoms with Gasteiger partial charge in [0, 0.05) is 19.5 Å². The van der Waals surface area contributed by atoms with Gasteiger partial charge in [0.15, 0.2) is 0 Å². The van der Waals surface area contributed by atoms with E-state index in [1.54, 1.807) is 4.90 Å². The number of nitrogens with zero attached hydrogens (tertiary/aromatic N) is 1. The molecule has 0 aliphatic carbocycles. The molecule has 1 N–H and O–H groups in total. The third-order valence-corrected chi connectivity index (χ3v) is 3.89. The number of carboxylic acid groups (broad SMARTS) is 1. The van der Waals surface area contributed by atoms with E-state index in [1.165, 1.54) is 0 Å². The van der Waals surface area contributed by atoms with E-state index in [9.17, 15) is 9.59 Å². The zero-order valence-corrected chi connectivity index (χ0v) is 11.9. The summed E-state index contributed by atoms with van der Waals surface area (Å²) in [4.78, 5) is 24.5. The molecule has 0 spiro atoms. The van der Waals surface area contributed by atoms with Crippen LogP contribution in [0.1, 0.15) is 39.0 Å². The Hall–Kier alpha value is -1.14. The van der Waals surface area contributed by atoms with Gasteiger partial charge in [-0.05, 0) is 26.2 Å². The first-order chi connectivity index (χ1) is 9.54. The minimum absolute atomic E-state index is 0.0486. The highest BCUT2D eigenvalue weighted by Crippen LogP contribution is 2.23. The Morgan fingerprint density at radius 1 is 1.30 bits per heavy atom. The second-order valence-electron chi connectivity index (χ2n) is 5.62. The van der Waals surface area contributed by atoms with Crippen molar-refractivity contribution in [3.8, 4) is 0 Å². The molecule has 2 fully saturated rings. The fourth-order valence-corrected chi connectivity index (χ4v) is 2.80. The molecule has 114 valence electrons. The summed E-state index contributed by atoms with van der Waals surface area (Å²) in [6.07, 6.45) is 3.39. The minimum Gasteiger partial charge on any atom is -0.481 e. The second kappa shape index (κ2) is 7.04. The van der Waals surface area contributed by atoms with Crippen molar-refractivity contribution in [1.29, 1.82) is 0 Å². The highest BCUT2D eigenvalue weighted by Gasteiger charge is 2.27. The van der Waals surface area contributed by atoms with Gasteiger partial charge in [-0.2, -0.15) is 0 Å². The van der Waals surface area contributed by atoms with E-state index in [-0.39, 0.29) is 24.5 Å². The molecule has 6 heteroatoms. The molecule has 0 aromatic rings. The molecule has 3 atom stereocenters. The van der Waals surface area contributed by atoms with Crippen LogP contribution in [0.5, 0.6) is 0 Å². The van der Waals surface area contributed by atoms with Crippen molar-refractivity contribution in [3.63, 3.8) is 0 Å². The molecule has 2 aliphatic heterocycles. The van der Waals surface area contributed by atoms with Crippen molar-refractivity contribution in [3.05, 3.63) is 0 Å². The summed E-state index contributed by atoms with van der Waals surface area (Å²) in [6, 6.07) is 0. The SMILES string of the molecule is C[C@@H]1CC[C@H](CCC(=O)N2CCO[C@@H](CC(=O)O)C2)O1. The lowest BCUT2D eigenvalue weighted by molar-refractivity contribution is -0.148. The van der Waals surface area contributed by atoms with Crippen LogP contribution < -0.4 is 0 Å². The van der Waals surface area contributed by atoms with Crippen molar-refractivity contribution >= 4 is 11.9 Å². The number of carbonyl (C=O) groups excluding carboxylic acids is 1. The molecule has 0 bridgehead atoms. The van der Waals surface area contributed by atoms with Crippen molar-refractivity contribution in [2.24, 2.45) is 0 Å². The standard InChI is InChI=1S/C14H23NO5/c1-10-2-3-11(20-10)4-5-13(16)15-6-7-19-12(9-15)8-14(17)18/h10-12H,2-9H2,1H3,(H,17,18)/t10-,11-,12+/m1/s1. The lowest BCUT2D eigenvalue weighted by Gasteiger charge is -2.32. The summed E-state index contributed by atoms with van der Waals surface area (Å²) in [5, 5.41) is 8.76. The van der Waals surface area contributed by atoms with Crippen LogP contribution in [0.15, 0.2) is 0 Å². The summed E-state index contributed by atoms with van der Waals surface area (Å²) in [5.41, 5.74) is 0. The van der Waals surface area contributed by atoms with E-state index in [1.807, 2.05) is 0 Å². The first-order valence-corrected chi connectivity index (χ1v) is 7.31. The summed E-state index contributed by atoms with van der Waals surface area (Å²) in [7, 11) is 0. The minimum atomic E-state index is -0.891. The van der Waals surface area contributed by atoms with E-state index < -0.39 is 5.97 Å². The maximum atomic E-state index is 12.1. The van der Waals surface area contributed by atoms with Crippen LogP contribution in [0.4, 0.5) is 0 Å². The fraction of sp³-hybridized carbons (Fsp3) is 0.857. The molecule has 0 unspecified atom stereocenters. The summed E-state index contributed by atoms with van der Waals surface area (Å²) in [5.74, 6) is -0.815. The number of hydrogen-bond donors (Lipinski definition) is 1. The van der Waals surface area contributed by atoms with Gasteiger partial charge in [-0.25, -0.2) is 0 Å². The quantitative estimate of drug-likeness (QED) is 0.816. The van der Waals surface area contributed by atoms with E-state index in [2.05, 4.69) is 6.92 Å². The van der Waals surface area contributed by atoms with Crippen molar-refractivity contribution in [2.45, 2.75) is 57.3 Å². The number of hydrogen-bond acceptors (Lipinski definition) is 4. The highest BCUT2D eigenvalue weighted by atomic mass is 16.5. The zero-order chi connectivity index (χ0) is 14.5. The molecule has 2 aliphatic rings. The van der Waals surface area contributed by atoms with Gasteiger partial charge in [-0.3, -0.25) is 9.59 Å². The monoisotopic (exact) mass is 285 g/mol. The van der Waals surface area contributed by atoms with Gasteiger partial charge in [0.25, 0.3) is 0 Å². The number of morpholine rings is 1. The summed E-state index contributed by atoms with van der Waals surface area (Å²) < 4.78 is 11.1. The number of aliphatic carboxylic acids is 1. The molecular formula is C14H23NO5. The molecule has 0 aromatic carbocycles. The molecule has 20 heavy (non-hydrogen) atoms. The van der Waals surface area contributed by atoms with E-state index in [0.29, 0.717) is 32.2 Å². The normalized spacial score (nSPS) is 30.4. The largest absolute Gasteiger partial charge is 0.481 e. The van der Waals surface area contributed by atoms with Crippen LogP contribution in [-0.4, -0.2) is 59.9 Å². The molecule has 6 nitrogen and oxygen atoms in total. The Balaban J connectivity index is 1.72.